The van der Waals surface area contributed by atoms with E-state index in [2.05, 4.69) is 10.4 Å². The molecule has 1 heterocycles. The minimum atomic E-state index is -0.285. The summed E-state index contributed by atoms with van der Waals surface area (Å²) in [5.41, 5.74) is 4.49. The van der Waals surface area contributed by atoms with E-state index >= 15 is 0 Å². The van der Waals surface area contributed by atoms with Crippen molar-refractivity contribution in [1.29, 1.82) is 0 Å². The maximum Gasteiger partial charge on any atom is 0.240 e. The van der Waals surface area contributed by atoms with Gasteiger partial charge in [0.15, 0.2) is 0 Å². The number of carbonyl (C=O) groups is 2. The molecule has 0 saturated carbocycles. The largest absolute Gasteiger partial charge is 0.326 e. The molecule has 0 radical (unpaired) electrons. The summed E-state index contributed by atoms with van der Waals surface area (Å²) in [4.78, 5) is 25.3. The fraction of sp³-hybridized carbons (Fsp3) is 0.250. The first kappa shape index (κ1) is 23.7. The van der Waals surface area contributed by atoms with Crippen molar-refractivity contribution in [2.45, 2.75) is 39.2 Å². The van der Waals surface area contributed by atoms with Crippen molar-refractivity contribution in [3.8, 4) is 0 Å². The minimum Gasteiger partial charge on any atom is -0.326 e. The van der Waals surface area contributed by atoms with E-state index in [4.69, 9.17) is 11.6 Å². The summed E-state index contributed by atoms with van der Waals surface area (Å²) in [5.74, 6) is -0.308. The molecule has 0 saturated heterocycles. The fourth-order valence-electron chi connectivity index (χ4n) is 4.38. The molecule has 2 amide bonds. The molecule has 1 N–H and O–H groups in total. The van der Waals surface area contributed by atoms with Crippen molar-refractivity contribution in [1.82, 2.24) is 5.01 Å². The molecular formula is C28H28ClN3O2. The van der Waals surface area contributed by atoms with Crippen LogP contribution < -0.4 is 5.32 Å². The smallest absolute Gasteiger partial charge is 0.240 e. The Kier molecular flexibility index (Phi) is 7.13. The lowest BCUT2D eigenvalue weighted by Crippen LogP contribution is -2.25. The van der Waals surface area contributed by atoms with Gasteiger partial charge in [0.25, 0.3) is 0 Å². The lowest BCUT2D eigenvalue weighted by Gasteiger charge is -2.21. The number of carbonyl (C=O) groups excluding carboxylic acids is 2. The van der Waals surface area contributed by atoms with E-state index < -0.39 is 0 Å². The number of hydrogen-bond donors (Lipinski definition) is 1. The Morgan fingerprint density at radius 3 is 2.21 bits per heavy atom. The Labute approximate surface area is 205 Å². The molecule has 0 aliphatic carbocycles. The molecular weight excluding hydrogens is 446 g/mol. The van der Waals surface area contributed by atoms with E-state index in [1.54, 1.807) is 5.01 Å². The van der Waals surface area contributed by atoms with E-state index in [0.717, 1.165) is 28.1 Å². The average molecular weight is 474 g/mol. The van der Waals surface area contributed by atoms with Crippen molar-refractivity contribution in [2.24, 2.45) is 11.0 Å². The van der Waals surface area contributed by atoms with Crippen LogP contribution in [0.2, 0.25) is 5.02 Å². The highest BCUT2D eigenvalue weighted by Crippen LogP contribution is 2.33. The fourth-order valence-corrected chi connectivity index (χ4v) is 4.51. The van der Waals surface area contributed by atoms with Crippen LogP contribution in [0.15, 0.2) is 84.0 Å². The van der Waals surface area contributed by atoms with Gasteiger partial charge in [-0.2, -0.15) is 5.10 Å². The first-order valence-corrected chi connectivity index (χ1v) is 11.8. The van der Waals surface area contributed by atoms with Gasteiger partial charge >= 0.3 is 0 Å². The standard InChI is InChI=1S/C28H28ClN3O2/c1-18(2)27(22-9-13-23(29)14-10-22)28(34)30-24-15-11-20(12-16-24)25-17-26(32(31-25)19(3)33)21-7-5-4-6-8-21/h4-16,18,26-27H,17H2,1-3H3,(H,30,34). The second-order valence-electron chi connectivity index (χ2n) is 8.88. The van der Waals surface area contributed by atoms with Gasteiger partial charge in [0, 0.05) is 24.1 Å². The average Bonchev–Trinajstić information content (AvgIpc) is 3.27. The number of hydrazone groups is 1. The third-order valence-electron chi connectivity index (χ3n) is 6.08. The molecule has 3 aromatic carbocycles. The molecule has 0 aromatic heterocycles. The Morgan fingerprint density at radius 2 is 1.62 bits per heavy atom. The third-order valence-corrected chi connectivity index (χ3v) is 6.33. The summed E-state index contributed by atoms with van der Waals surface area (Å²) in [6.07, 6.45) is 0.640. The van der Waals surface area contributed by atoms with E-state index in [9.17, 15) is 9.59 Å². The van der Waals surface area contributed by atoms with Gasteiger partial charge in [0.05, 0.1) is 17.7 Å². The molecule has 2 unspecified atom stereocenters. The van der Waals surface area contributed by atoms with Crippen molar-refractivity contribution < 1.29 is 9.59 Å². The van der Waals surface area contributed by atoms with Crippen molar-refractivity contribution in [2.75, 3.05) is 5.32 Å². The van der Waals surface area contributed by atoms with E-state index in [0.29, 0.717) is 11.4 Å². The molecule has 0 spiro atoms. The number of halogens is 1. The van der Waals surface area contributed by atoms with Gasteiger partial charge in [-0.05, 0) is 46.9 Å². The van der Waals surface area contributed by atoms with Crippen LogP contribution in [0.5, 0.6) is 0 Å². The van der Waals surface area contributed by atoms with E-state index in [-0.39, 0.29) is 29.7 Å². The number of benzene rings is 3. The molecule has 4 rings (SSSR count). The van der Waals surface area contributed by atoms with Gasteiger partial charge in [0.1, 0.15) is 0 Å². The number of nitrogens with zero attached hydrogens (tertiary/aromatic N) is 2. The number of rotatable bonds is 6. The Bertz CT molecular complexity index is 1190. The third kappa shape index (κ3) is 5.20. The molecule has 6 heteroatoms. The number of hydrogen-bond acceptors (Lipinski definition) is 3. The molecule has 1 aliphatic rings. The molecule has 1 aliphatic heterocycles. The van der Waals surface area contributed by atoms with Gasteiger partial charge in [-0.15, -0.1) is 0 Å². The van der Waals surface area contributed by atoms with Crippen molar-refractivity contribution >= 4 is 34.8 Å². The summed E-state index contributed by atoms with van der Waals surface area (Å²) in [6.45, 7) is 5.60. The van der Waals surface area contributed by atoms with Gasteiger partial charge in [-0.25, -0.2) is 5.01 Å². The number of anilines is 1. The van der Waals surface area contributed by atoms with Gasteiger partial charge in [-0.3, -0.25) is 9.59 Å². The summed E-state index contributed by atoms with van der Waals surface area (Å²) in [6, 6.07) is 24.9. The maximum atomic E-state index is 13.1. The predicted molar refractivity (Wildman–Crippen MR) is 137 cm³/mol. The summed E-state index contributed by atoms with van der Waals surface area (Å²) < 4.78 is 0. The van der Waals surface area contributed by atoms with Gasteiger partial charge in [0.2, 0.25) is 11.8 Å². The molecule has 2 atom stereocenters. The van der Waals surface area contributed by atoms with Crippen LogP contribution in [0, 0.1) is 5.92 Å². The van der Waals surface area contributed by atoms with Crippen molar-refractivity contribution in [3.63, 3.8) is 0 Å². The normalized spacial score (nSPS) is 16.3. The first-order valence-electron chi connectivity index (χ1n) is 11.4. The summed E-state index contributed by atoms with van der Waals surface area (Å²) in [7, 11) is 0. The minimum absolute atomic E-state index is 0.0600. The first-order chi connectivity index (χ1) is 16.3. The van der Waals surface area contributed by atoms with Gasteiger partial charge in [-0.1, -0.05) is 80.0 Å². The molecule has 174 valence electrons. The lowest BCUT2D eigenvalue weighted by atomic mass is 9.87. The van der Waals surface area contributed by atoms with Gasteiger partial charge < -0.3 is 5.32 Å². The quantitative estimate of drug-likeness (QED) is 0.449. The molecule has 34 heavy (non-hydrogen) atoms. The lowest BCUT2D eigenvalue weighted by molar-refractivity contribution is -0.130. The Hall–Kier alpha value is -3.44. The van der Waals surface area contributed by atoms with Crippen LogP contribution in [0.3, 0.4) is 0 Å². The van der Waals surface area contributed by atoms with Crippen LogP contribution in [0.1, 0.15) is 55.8 Å². The number of amides is 2. The zero-order valence-corrected chi connectivity index (χ0v) is 20.3. The van der Waals surface area contributed by atoms with Crippen molar-refractivity contribution in [3.05, 3.63) is 101 Å². The topological polar surface area (TPSA) is 61.8 Å². The van der Waals surface area contributed by atoms with Crippen LogP contribution in [0.25, 0.3) is 0 Å². The molecule has 0 bridgehead atoms. The Balaban J connectivity index is 1.49. The highest BCUT2D eigenvalue weighted by Gasteiger charge is 2.31. The predicted octanol–water partition coefficient (Wildman–Crippen LogP) is 6.42. The highest BCUT2D eigenvalue weighted by molar-refractivity contribution is 6.30. The van der Waals surface area contributed by atoms with Crippen LogP contribution >= 0.6 is 11.6 Å². The second-order valence-corrected chi connectivity index (χ2v) is 9.32. The molecule has 0 fully saturated rings. The molecule has 5 nitrogen and oxygen atoms in total. The summed E-state index contributed by atoms with van der Waals surface area (Å²) in [5, 5.41) is 9.85. The van der Waals surface area contributed by atoms with Crippen LogP contribution in [-0.2, 0) is 9.59 Å². The van der Waals surface area contributed by atoms with Crippen LogP contribution in [0.4, 0.5) is 5.69 Å². The monoisotopic (exact) mass is 473 g/mol. The Morgan fingerprint density at radius 1 is 0.971 bits per heavy atom. The number of nitrogens with one attached hydrogen (secondary N) is 1. The zero-order chi connectivity index (χ0) is 24.2. The summed E-state index contributed by atoms with van der Waals surface area (Å²) >= 11 is 6.01. The second kappa shape index (κ2) is 10.2. The molecule has 3 aromatic rings. The maximum absolute atomic E-state index is 13.1. The highest BCUT2D eigenvalue weighted by atomic mass is 35.5. The van der Waals surface area contributed by atoms with E-state index in [1.165, 1.54) is 6.92 Å². The van der Waals surface area contributed by atoms with E-state index in [1.807, 2.05) is 92.7 Å². The zero-order valence-electron chi connectivity index (χ0n) is 19.5. The SMILES string of the molecule is CC(=O)N1N=C(c2ccc(NC(=O)C(c3ccc(Cl)cc3)C(C)C)cc2)CC1c1ccccc1. The van der Waals surface area contributed by atoms with Crippen LogP contribution in [-0.4, -0.2) is 22.5 Å².